The van der Waals surface area contributed by atoms with Gasteiger partial charge in [-0.3, -0.25) is 9.59 Å². The van der Waals surface area contributed by atoms with Crippen molar-refractivity contribution < 1.29 is 23.3 Å². The molecule has 2 amide bonds. The second-order valence-corrected chi connectivity index (χ2v) is 9.33. The third-order valence-electron chi connectivity index (χ3n) is 4.59. The number of nitrogens with zero attached hydrogens (tertiary/aromatic N) is 1. The molecule has 0 aromatic heterocycles. The summed E-state index contributed by atoms with van der Waals surface area (Å²) in [6, 6.07) is 3.05. The van der Waals surface area contributed by atoms with E-state index >= 15 is 0 Å². The number of hydrogen-bond acceptors (Lipinski definition) is 5. The number of rotatable bonds is 7. The van der Waals surface area contributed by atoms with Crippen LogP contribution in [-0.4, -0.2) is 69.7 Å². The number of carbonyl (C=O) groups is 2. The molecular weight excluding hydrogens is 524 g/mol. The van der Waals surface area contributed by atoms with Crippen molar-refractivity contribution in [2.45, 2.75) is 26.2 Å². The van der Waals surface area contributed by atoms with E-state index in [-0.39, 0.29) is 22.5 Å². The van der Waals surface area contributed by atoms with E-state index in [2.05, 4.69) is 47.4 Å². The third kappa shape index (κ3) is 7.60. The minimum Gasteiger partial charge on any atom is -0.408 e. The van der Waals surface area contributed by atoms with Gasteiger partial charge in [0, 0.05) is 30.8 Å². The summed E-state index contributed by atoms with van der Waals surface area (Å²) >= 11 is 6.23. The molecule has 1 aliphatic rings. The van der Waals surface area contributed by atoms with Crippen LogP contribution in [0.5, 0.6) is 0 Å². The topological polar surface area (TPSA) is 79.9 Å². The number of hydrogen-bond donors (Lipinski definition) is 2. The zero-order valence-corrected chi connectivity index (χ0v) is 20.5. The zero-order valence-electron chi connectivity index (χ0n) is 17.3. The normalized spacial score (nSPS) is 16.7. The van der Waals surface area contributed by atoms with Crippen LogP contribution >= 0.6 is 31.9 Å². The Bertz CT molecular complexity index is 747. The highest BCUT2D eigenvalue weighted by molar-refractivity contribution is 9.11. The molecule has 0 bridgehead atoms. The highest BCUT2D eigenvalue weighted by Gasteiger charge is 2.33. The van der Waals surface area contributed by atoms with Gasteiger partial charge in [-0.05, 0) is 63.4 Å². The van der Waals surface area contributed by atoms with Gasteiger partial charge in [-0.25, -0.2) is 4.39 Å². The molecule has 1 saturated heterocycles. The number of carbonyl (C=O) groups excluding carboxylic acids is 2. The van der Waals surface area contributed by atoms with Crippen LogP contribution < -0.4 is 10.6 Å². The van der Waals surface area contributed by atoms with Crippen molar-refractivity contribution in [1.82, 2.24) is 15.5 Å². The summed E-state index contributed by atoms with van der Waals surface area (Å²) in [5, 5.41) is 5.36. The van der Waals surface area contributed by atoms with Crippen LogP contribution in [0.1, 0.15) is 30.6 Å². The molecule has 1 fully saturated rings. The van der Waals surface area contributed by atoms with Gasteiger partial charge in [-0.1, -0.05) is 13.8 Å². The maximum absolute atomic E-state index is 14.3. The van der Waals surface area contributed by atoms with Crippen molar-refractivity contribution in [1.29, 1.82) is 0 Å². The van der Waals surface area contributed by atoms with Crippen molar-refractivity contribution >= 4 is 50.8 Å². The van der Waals surface area contributed by atoms with Crippen LogP contribution in [0.25, 0.3) is 0 Å². The van der Waals surface area contributed by atoms with E-state index < -0.39 is 24.7 Å². The number of likely N-dealkylation sites (N-methyl/N-ethyl adjacent to an activating group) is 1. The molecule has 1 atom stereocenters. The van der Waals surface area contributed by atoms with Gasteiger partial charge < -0.3 is 24.8 Å². The number of halogens is 3. The van der Waals surface area contributed by atoms with Crippen molar-refractivity contribution in [2.75, 3.05) is 39.9 Å². The van der Waals surface area contributed by atoms with E-state index in [1.165, 1.54) is 6.07 Å². The fourth-order valence-corrected chi connectivity index (χ4v) is 3.85. The minimum absolute atomic E-state index is 0.160. The smallest absolute Gasteiger partial charge is 0.408 e. The summed E-state index contributed by atoms with van der Waals surface area (Å²) in [4.78, 5) is 27.0. The Morgan fingerprint density at radius 2 is 1.80 bits per heavy atom. The SMILES string of the molecule is CC(C)C[C@H](NC(=O)CNC(=O)c1c(Br)ccc(Br)c1F)B1OCCN(C)CCO1. The summed E-state index contributed by atoms with van der Waals surface area (Å²) in [7, 11) is 1.44. The molecule has 7 nitrogen and oxygen atoms in total. The molecule has 2 N–H and O–H groups in total. The van der Waals surface area contributed by atoms with Crippen molar-refractivity contribution in [3.05, 3.63) is 32.5 Å². The monoisotopic (exact) mass is 549 g/mol. The molecular formula is C19H27BBr2FN3O4. The Labute approximate surface area is 193 Å². The van der Waals surface area contributed by atoms with Crippen molar-refractivity contribution in [3.8, 4) is 0 Å². The molecule has 0 spiro atoms. The summed E-state index contributed by atoms with van der Waals surface area (Å²) < 4.78 is 26.4. The van der Waals surface area contributed by atoms with E-state index in [0.29, 0.717) is 30.0 Å². The summed E-state index contributed by atoms with van der Waals surface area (Å²) in [5.74, 6) is -1.82. The number of amides is 2. The highest BCUT2D eigenvalue weighted by atomic mass is 79.9. The summed E-state index contributed by atoms with van der Waals surface area (Å²) in [6.45, 7) is 6.37. The minimum atomic E-state index is -0.693. The van der Waals surface area contributed by atoms with E-state index in [9.17, 15) is 14.0 Å². The highest BCUT2D eigenvalue weighted by Crippen LogP contribution is 2.26. The summed E-state index contributed by atoms with van der Waals surface area (Å²) in [6.07, 6.45) is 0.659. The molecule has 0 unspecified atom stereocenters. The first kappa shape index (κ1) is 25.3. The average molecular weight is 551 g/mol. The molecule has 30 heavy (non-hydrogen) atoms. The predicted octanol–water partition coefficient (Wildman–Crippen LogP) is 2.62. The Kier molecular flexibility index (Phi) is 10.2. The fourth-order valence-electron chi connectivity index (χ4n) is 3.03. The lowest BCUT2D eigenvalue weighted by molar-refractivity contribution is -0.120. The largest absolute Gasteiger partial charge is 0.480 e. The molecule has 0 saturated carbocycles. The van der Waals surface area contributed by atoms with E-state index in [4.69, 9.17) is 9.31 Å². The van der Waals surface area contributed by atoms with Crippen molar-refractivity contribution in [2.24, 2.45) is 5.92 Å². The first-order chi connectivity index (χ1) is 14.2. The van der Waals surface area contributed by atoms with Crippen LogP contribution in [0.15, 0.2) is 21.1 Å². The second-order valence-electron chi connectivity index (χ2n) is 7.62. The lowest BCUT2D eigenvalue weighted by Crippen LogP contribution is -2.54. The molecule has 11 heteroatoms. The molecule has 1 aromatic rings. The van der Waals surface area contributed by atoms with Gasteiger partial charge in [0.05, 0.1) is 22.5 Å². The molecule has 1 heterocycles. The first-order valence-electron chi connectivity index (χ1n) is 9.81. The van der Waals surface area contributed by atoms with Crippen molar-refractivity contribution in [3.63, 3.8) is 0 Å². The maximum Gasteiger partial charge on any atom is 0.480 e. The van der Waals surface area contributed by atoms with Gasteiger partial charge in [0.1, 0.15) is 0 Å². The van der Waals surface area contributed by atoms with E-state index in [1.54, 1.807) is 6.07 Å². The number of benzene rings is 1. The van der Waals surface area contributed by atoms with E-state index in [0.717, 1.165) is 13.1 Å². The standard InChI is InChI=1S/C19H27BBr2FN3O4/c1-12(2)10-15(20-29-8-6-26(3)7-9-30-20)25-16(27)11-24-19(28)17-13(21)4-5-14(22)18(17)23/h4-5,12,15H,6-11H2,1-3H3,(H,24,28)(H,25,27)/t15-/m0/s1. The lowest BCUT2D eigenvalue weighted by atomic mass is 9.73. The predicted molar refractivity (Wildman–Crippen MR) is 121 cm³/mol. The van der Waals surface area contributed by atoms with Gasteiger partial charge >= 0.3 is 7.12 Å². The molecule has 1 aliphatic heterocycles. The Balaban J connectivity index is 1.97. The quantitative estimate of drug-likeness (QED) is 0.403. The molecule has 0 aliphatic carbocycles. The molecule has 0 radical (unpaired) electrons. The van der Waals surface area contributed by atoms with Crippen LogP contribution in [0, 0.1) is 11.7 Å². The molecule has 166 valence electrons. The Morgan fingerprint density at radius 1 is 1.20 bits per heavy atom. The van der Waals surface area contributed by atoms with Crippen LogP contribution in [0.3, 0.4) is 0 Å². The zero-order chi connectivity index (χ0) is 22.3. The fraction of sp³-hybridized carbons (Fsp3) is 0.579. The maximum atomic E-state index is 14.3. The average Bonchev–Trinajstić information content (AvgIpc) is 2.65. The van der Waals surface area contributed by atoms with Gasteiger partial charge in [-0.2, -0.15) is 0 Å². The van der Waals surface area contributed by atoms with Crippen LogP contribution in [-0.2, 0) is 14.1 Å². The second kappa shape index (κ2) is 12.1. The first-order valence-corrected chi connectivity index (χ1v) is 11.4. The molecule has 1 aromatic carbocycles. The third-order valence-corrected chi connectivity index (χ3v) is 5.86. The Morgan fingerprint density at radius 3 is 2.40 bits per heavy atom. The van der Waals surface area contributed by atoms with Gasteiger partial charge in [0.15, 0.2) is 5.82 Å². The Hall–Kier alpha value is -1.01. The summed E-state index contributed by atoms with van der Waals surface area (Å²) in [5.41, 5.74) is -0.160. The van der Waals surface area contributed by atoms with Gasteiger partial charge in [0.25, 0.3) is 5.91 Å². The van der Waals surface area contributed by atoms with Crippen LogP contribution in [0.4, 0.5) is 4.39 Å². The van der Waals surface area contributed by atoms with Gasteiger partial charge in [0.2, 0.25) is 5.91 Å². The van der Waals surface area contributed by atoms with E-state index in [1.807, 2.05) is 20.9 Å². The van der Waals surface area contributed by atoms with Crippen LogP contribution in [0.2, 0.25) is 0 Å². The van der Waals surface area contributed by atoms with Gasteiger partial charge in [-0.15, -0.1) is 0 Å². The lowest BCUT2D eigenvalue weighted by Gasteiger charge is -2.29. The molecule has 2 rings (SSSR count). The number of nitrogens with one attached hydrogen (secondary N) is 2.